The summed E-state index contributed by atoms with van der Waals surface area (Å²) in [7, 11) is 0. The van der Waals surface area contributed by atoms with E-state index in [1.807, 2.05) is 79.7 Å². The summed E-state index contributed by atoms with van der Waals surface area (Å²) in [5, 5.41) is 21.9. The quantitative estimate of drug-likeness (QED) is 0.119. The minimum absolute atomic E-state index is 0.178. The Morgan fingerprint density at radius 2 is 1.71 bits per heavy atom. The molecule has 230 valence electrons. The van der Waals surface area contributed by atoms with Gasteiger partial charge in [0.05, 0.1) is 18.0 Å². The number of benzene rings is 4. The maximum Gasteiger partial charge on any atom is 0.512 e. The number of amides is 1. The number of carboxylic acid groups (broad SMARTS) is 2. The number of aromatic amines is 1. The molecule has 5 aromatic rings. The normalized spacial score (nSPS) is 14.9. The minimum Gasteiger partial charge on any atom is -0.493 e. The SMILES string of the molecule is Cc1cc(C(=O)N2CCCC(C(=O)O)C2)ccc1-c1cccc2c(CCCOc3cccc4ccccc34)c(OC(=O)O)[nH]c12. The summed E-state index contributed by atoms with van der Waals surface area (Å²) in [4.78, 5) is 41.2. The number of fused-ring (bicyclic) bond motifs is 2. The zero-order valence-electron chi connectivity index (χ0n) is 24.9. The molecule has 1 saturated heterocycles. The van der Waals surface area contributed by atoms with Gasteiger partial charge in [0.15, 0.2) is 0 Å². The Morgan fingerprint density at radius 3 is 2.51 bits per heavy atom. The molecule has 0 saturated carbocycles. The third-order valence-electron chi connectivity index (χ3n) is 8.49. The van der Waals surface area contributed by atoms with Crippen LogP contribution in [0.15, 0.2) is 78.9 Å². The number of nitrogens with one attached hydrogen (secondary N) is 1. The first-order chi connectivity index (χ1) is 21.8. The van der Waals surface area contributed by atoms with Gasteiger partial charge >= 0.3 is 12.1 Å². The number of carboxylic acids is 1. The number of aromatic nitrogens is 1. The number of para-hydroxylation sites is 1. The second-order valence-corrected chi connectivity index (χ2v) is 11.4. The molecule has 1 aliphatic rings. The number of ether oxygens (including phenoxy) is 2. The molecule has 0 bridgehead atoms. The standard InChI is InChI=1S/C36H34N2O7/c1-22-20-24(34(39)38-18-6-10-25(21-38)35(40)41)16-17-26(22)28-12-5-13-29-30(33(37-32(28)29)45-36(42)43)14-7-19-44-31-15-4-9-23-8-2-3-11-27(23)31/h2-5,8-9,11-13,15-17,20,25,37H,6-7,10,14,18-19,21H2,1H3,(H,40,41)(H,42,43). The van der Waals surface area contributed by atoms with Crippen LogP contribution in [0.3, 0.4) is 0 Å². The van der Waals surface area contributed by atoms with Crippen molar-refractivity contribution >= 4 is 39.7 Å². The molecule has 1 fully saturated rings. The maximum atomic E-state index is 13.3. The van der Waals surface area contributed by atoms with Gasteiger partial charge in [-0.3, -0.25) is 9.59 Å². The molecule has 1 amide bonds. The van der Waals surface area contributed by atoms with Crippen molar-refractivity contribution in [1.29, 1.82) is 0 Å². The number of H-pyrrole nitrogens is 1. The molecule has 1 unspecified atom stereocenters. The molecule has 6 rings (SSSR count). The minimum atomic E-state index is -1.40. The molecule has 4 aromatic carbocycles. The second-order valence-electron chi connectivity index (χ2n) is 11.4. The van der Waals surface area contributed by atoms with Gasteiger partial charge in [-0.1, -0.05) is 60.7 Å². The number of hydrogen-bond acceptors (Lipinski definition) is 5. The van der Waals surface area contributed by atoms with E-state index in [9.17, 15) is 24.6 Å². The lowest BCUT2D eigenvalue weighted by Gasteiger charge is -2.31. The highest BCUT2D eigenvalue weighted by atomic mass is 16.7. The lowest BCUT2D eigenvalue weighted by atomic mass is 9.94. The topological polar surface area (TPSA) is 129 Å². The zero-order valence-corrected chi connectivity index (χ0v) is 24.9. The van der Waals surface area contributed by atoms with Crippen molar-refractivity contribution in [2.24, 2.45) is 5.92 Å². The lowest BCUT2D eigenvalue weighted by Crippen LogP contribution is -2.42. The molecular weight excluding hydrogens is 572 g/mol. The highest BCUT2D eigenvalue weighted by molar-refractivity contribution is 6.00. The van der Waals surface area contributed by atoms with Gasteiger partial charge in [-0.05, 0) is 67.3 Å². The van der Waals surface area contributed by atoms with Crippen LogP contribution in [-0.4, -0.2) is 57.8 Å². The van der Waals surface area contributed by atoms with Gasteiger partial charge in [-0.15, -0.1) is 0 Å². The van der Waals surface area contributed by atoms with Gasteiger partial charge in [0.2, 0.25) is 5.88 Å². The molecule has 9 nitrogen and oxygen atoms in total. The number of hydrogen-bond donors (Lipinski definition) is 3. The van der Waals surface area contributed by atoms with Crippen LogP contribution < -0.4 is 9.47 Å². The van der Waals surface area contributed by atoms with Crippen LogP contribution in [0.4, 0.5) is 4.79 Å². The summed E-state index contributed by atoms with van der Waals surface area (Å²) in [6.07, 6.45) is 0.983. The Labute approximate surface area is 260 Å². The van der Waals surface area contributed by atoms with Crippen molar-refractivity contribution in [3.8, 4) is 22.8 Å². The lowest BCUT2D eigenvalue weighted by molar-refractivity contribution is -0.143. The number of carbonyl (C=O) groups is 3. The van der Waals surface area contributed by atoms with Crippen LogP contribution >= 0.6 is 0 Å². The van der Waals surface area contributed by atoms with Crippen LogP contribution in [0.2, 0.25) is 0 Å². The molecule has 1 aromatic heterocycles. The number of carbonyl (C=O) groups excluding carboxylic acids is 1. The van der Waals surface area contributed by atoms with E-state index >= 15 is 0 Å². The third kappa shape index (κ3) is 6.20. The van der Waals surface area contributed by atoms with E-state index in [4.69, 9.17) is 9.47 Å². The van der Waals surface area contributed by atoms with Gasteiger partial charge in [0, 0.05) is 40.6 Å². The predicted octanol–water partition coefficient (Wildman–Crippen LogP) is 7.30. The fourth-order valence-corrected chi connectivity index (χ4v) is 6.29. The van der Waals surface area contributed by atoms with E-state index in [0.29, 0.717) is 44.4 Å². The number of piperidine rings is 1. The van der Waals surface area contributed by atoms with Crippen molar-refractivity contribution in [1.82, 2.24) is 9.88 Å². The fourth-order valence-electron chi connectivity index (χ4n) is 6.29. The van der Waals surface area contributed by atoms with Gasteiger partial charge in [0.25, 0.3) is 5.91 Å². The molecule has 9 heteroatoms. The van der Waals surface area contributed by atoms with E-state index in [1.54, 1.807) is 11.0 Å². The van der Waals surface area contributed by atoms with Crippen molar-refractivity contribution in [3.63, 3.8) is 0 Å². The summed E-state index contributed by atoms with van der Waals surface area (Å²) in [6.45, 7) is 3.10. The van der Waals surface area contributed by atoms with Gasteiger partial charge < -0.3 is 29.6 Å². The average Bonchev–Trinajstić information content (AvgIpc) is 3.39. The molecule has 1 atom stereocenters. The van der Waals surface area contributed by atoms with Crippen LogP contribution in [-0.2, 0) is 11.2 Å². The molecular formula is C36H34N2O7. The Hall–Kier alpha value is -5.31. The first kappa shape index (κ1) is 29.7. The van der Waals surface area contributed by atoms with E-state index in [0.717, 1.165) is 49.7 Å². The molecule has 0 spiro atoms. The van der Waals surface area contributed by atoms with E-state index in [1.165, 1.54) is 0 Å². The predicted molar refractivity (Wildman–Crippen MR) is 171 cm³/mol. The van der Waals surface area contributed by atoms with Crippen molar-refractivity contribution in [2.75, 3.05) is 19.7 Å². The Balaban J connectivity index is 1.24. The van der Waals surface area contributed by atoms with E-state index in [-0.39, 0.29) is 18.3 Å². The number of nitrogens with zero attached hydrogens (tertiary/aromatic N) is 1. The summed E-state index contributed by atoms with van der Waals surface area (Å²) in [5.74, 6) is -0.622. The Kier molecular flexibility index (Phi) is 8.42. The third-order valence-corrected chi connectivity index (χ3v) is 8.49. The maximum absolute atomic E-state index is 13.3. The summed E-state index contributed by atoms with van der Waals surface area (Å²) in [6, 6.07) is 25.3. The summed E-state index contributed by atoms with van der Waals surface area (Å²) >= 11 is 0. The largest absolute Gasteiger partial charge is 0.512 e. The van der Waals surface area contributed by atoms with Gasteiger partial charge in [-0.25, -0.2) is 4.79 Å². The Morgan fingerprint density at radius 1 is 0.933 bits per heavy atom. The average molecular weight is 607 g/mol. The second kappa shape index (κ2) is 12.7. The highest BCUT2D eigenvalue weighted by Crippen LogP contribution is 2.37. The van der Waals surface area contributed by atoms with Crippen molar-refractivity contribution < 1.29 is 34.1 Å². The summed E-state index contributed by atoms with van der Waals surface area (Å²) < 4.78 is 11.3. The molecule has 0 aliphatic carbocycles. The number of aryl methyl sites for hydroxylation is 2. The number of aliphatic carboxylic acids is 1. The summed E-state index contributed by atoms with van der Waals surface area (Å²) in [5.41, 5.74) is 4.58. The molecule has 1 aliphatic heterocycles. The molecule has 2 heterocycles. The van der Waals surface area contributed by atoms with Crippen molar-refractivity contribution in [2.45, 2.75) is 32.6 Å². The molecule has 0 radical (unpaired) electrons. The van der Waals surface area contributed by atoms with Gasteiger partial charge in [0.1, 0.15) is 5.75 Å². The number of likely N-dealkylation sites (tertiary alicyclic amines) is 1. The molecule has 3 N–H and O–H groups in total. The fraction of sp³-hybridized carbons (Fsp3) is 0.250. The molecule has 45 heavy (non-hydrogen) atoms. The van der Waals surface area contributed by atoms with Gasteiger partial charge in [-0.2, -0.15) is 0 Å². The van der Waals surface area contributed by atoms with Crippen LogP contribution in [0, 0.1) is 12.8 Å². The highest BCUT2D eigenvalue weighted by Gasteiger charge is 2.29. The first-order valence-corrected chi connectivity index (χ1v) is 15.1. The van der Waals surface area contributed by atoms with E-state index in [2.05, 4.69) is 4.98 Å². The first-order valence-electron chi connectivity index (χ1n) is 15.1. The zero-order chi connectivity index (χ0) is 31.5. The smallest absolute Gasteiger partial charge is 0.493 e. The van der Waals surface area contributed by atoms with Crippen LogP contribution in [0.25, 0.3) is 32.8 Å². The van der Waals surface area contributed by atoms with Crippen LogP contribution in [0.1, 0.15) is 40.7 Å². The Bertz CT molecular complexity index is 1910. The number of rotatable bonds is 9. The van der Waals surface area contributed by atoms with Crippen LogP contribution in [0.5, 0.6) is 11.6 Å². The van der Waals surface area contributed by atoms with E-state index < -0.39 is 18.0 Å². The monoisotopic (exact) mass is 606 g/mol. The van der Waals surface area contributed by atoms with Crippen molar-refractivity contribution in [3.05, 3.63) is 95.6 Å².